The van der Waals surface area contributed by atoms with E-state index in [0.717, 1.165) is 45.4 Å². The Hall–Kier alpha value is -0.650. The van der Waals surface area contributed by atoms with Crippen LogP contribution >= 0.6 is 0 Å². The van der Waals surface area contributed by atoms with E-state index in [4.69, 9.17) is 10.5 Å². The fourth-order valence-electron chi connectivity index (χ4n) is 3.41. The number of hydrogen-bond donors (Lipinski definition) is 2. The number of amides is 1. The van der Waals surface area contributed by atoms with Crippen LogP contribution in [0.25, 0.3) is 0 Å². The highest BCUT2D eigenvalue weighted by molar-refractivity contribution is 5.85. The molecule has 0 aromatic rings. The molecule has 1 amide bonds. The number of likely N-dealkylation sites (N-methyl/N-ethyl adjacent to an activating group) is 1. The van der Waals surface area contributed by atoms with Gasteiger partial charge in [-0.15, -0.1) is 0 Å². The van der Waals surface area contributed by atoms with E-state index in [0.29, 0.717) is 12.1 Å². The van der Waals surface area contributed by atoms with Crippen molar-refractivity contribution in [3.63, 3.8) is 0 Å². The first kappa shape index (κ1) is 15.7. The van der Waals surface area contributed by atoms with Gasteiger partial charge in [-0.3, -0.25) is 9.69 Å². The summed E-state index contributed by atoms with van der Waals surface area (Å²) in [6, 6.07) is 0.943. The maximum atomic E-state index is 12.0. The minimum Gasteiger partial charge on any atom is -0.383 e. The fraction of sp³-hybridized carbons (Fsp3) is 0.933. The molecule has 0 bridgehead atoms. The zero-order chi connectivity index (χ0) is 14.6. The van der Waals surface area contributed by atoms with Crippen LogP contribution in [0.4, 0.5) is 0 Å². The number of hydrogen-bond acceptors (Lipinski definition) is 4. The maximum Gasteiger partial charge on any atom is 0.237 e. The van der Waals surface area contributed by atoms with Crippen LogP contribution in [-0.2, 0) is 9.53 Å². The molecule has 0 radical (unpaired) electrons. The van der Waals surface area contributed by atoms with E-state index in [1.807, 2.05) is 0 Å². The van der Waals surface area contributed by atoms with E-state index in [9.17, 15) is 4.79 Å². The van der Waals surface area contributed by atoms with E-state index < -0.39 is 5.54 Å². The van der Waals surface area contributed by atoms with Crippen molar-refractivity contribution in [1.82, 2.24) is 10.2 Å². The molecule has 0 aromatic heterocycles. The second kappa shape index (κ2) is 6.87. The molecule has 3 N–H and O–H groups in total. The van der Waals surface area contributed by atoms with Crippen molar-refractivity contribution >= 4 is 5.91 Å². The van der Waals surface area contributed by atoms with E-state index >= 15 is 0 Å². The first-order valence-corrected chi connectivity index (χ1v) is 7.92. The molecule has 0 heterocycles. The number of carbonyl (C=O) groups is 1. The van der Waals surface area contributed by atoms with E-state index in [2.05, 4.69) is 17.1 Å². The van der Waals surface area contributed by atoms with Crippen LogP contribution in [0.15, 0.2) is 0 Å². The standard InChI is InChI=1S/C15H29N3O2/c1-3-18(9-10-20-2)13-5-4-8-15(11-13,14(16)19)17-12-6-7-12/h12-13,17H,3-11H2,1-2H3,(H2,16,19). The molecule has 2 atom stereocenters. The zero-order valence-electron chi connectivity index (χ0n) is 12.9. The molecule has 116 valence electrons. The molecule has 2 aliphatic carbocycles. The summed E-state index contributed by atoms with van der Waals surface area (Å²) in [5.74, 6) is -0.170. The molecule has 0 spiro atoms. The van der Waals surface area contributed by atoms with Crippen molar-refractivity contribution in [1.29, 1.82) is 0 Å². The van der Waals surface area contributed by atoms with Crippen molar-refractivity contribution in [2.75, 3.05) is 26.8 Å². The largest absolute Gasteiger partial charge is 0.383 e. The predicted octanol–water partition coefficient (Wildman–Crippen LogP) is 0.873. The summed E-state index contributed by atoms with van der Waals surface area (Å²) >= 11 is 0. The highest BCUT2D eigenvalue weighted by atomic mass is 16.5. The number of nitrogens with two attached hydrogens (primary N) is 1. The lowest BCUT2D eigenvalue weighted by molar-refractivity contribution is -0.127. The van der Waals surface area contributed by atoms with Crippen molar-refractivity contribution in [3.05, 3.63) is 0 Å². The number of nitrogens with zero attached hydrogens (tertiary/aromatic N) is 1. The van der Waals surface area contributed by atoms with Gasteiger partial charge in [0.2, 0.25) is 5.91 Å². The third-order valence-electron chi connectivity index (χ3n) is 4.76. The summed E-state index contributed by atoms with van der Waals surface area (Å²) < 4.78 is 5.19. The van der Waals surface area contributed by atoms with Gasteiger partial charge in [-0.05, 0) is 45.1 Å². The van der Waals surface area contributed by atoms with Crippen LogP contribution in [0.3, 0.4) is 0 Å². The average Bonchev–Trinajstić information content (AvgIpc) is 3.24. The summed E-state index contributed by atoms with van der Waals surface area (Å²) in [6.45, 7) is 4.83. The summed E-state index contributed by atoms with van der Waals surface area (Å²) in [7, 11) is 1.73. The number of ether oxygens (including phenoxy) is 1. The normalized spacial score (nSPS) is 30.6. The molecule has 5 nitrogen and oxygen atoms in total. The third kappa shape index (κ3) is 3.71. The van der Waals surface area contributed by atoms with Gasteiger partial charge in [-0.1, -0.05) is 6.92 Å². The fourth-order valence-corrected chi connectivity index (χ4v) is 3.41. The van der Waals surface area contributed by atoms with Crippen LogP contribution in [0.1, 0.15) is 45.4 Å². The highest BCUT2D eigenvalue weighted by Crippen LogP contribution is 2.34. The number of primary amides is 1. The molecule has 0 saturated heterocycles. The quantitative estimate of drug-likeness (QED) is 0.694. The summed E-state index contributed by atoms with van der Waals surface area (Å²) in [5.41, 5.74) is 5.26. The van der Waals surface area contributed by atoms with Gasteiger partial charge in [-0.25, -0.2) is 0 Å². The van der Waals surface area contributed by atoms with Crippen molar-refractivity contribution < 1.29 is 9.53 Å². The molecule has 2 rings (SSSR count). The Kier molecular flexibility index (Phi) is 5.41. The monoisotopic (exact) mass is 283 g/mol. The van der Waals surface area contributed by atoms with Crippen LogP contribution in [-0.4, -0.2) is 55.2 Å². The highest BCUT2D eigenvalue weighted by Gasteiger charge is 2.45. The maximum absolute atomic E-state index is 12.0. The number of rotatable bonds is 8. The minimum atomic E-state index is -0.482. The topological polar surface area (TPSA) is 67.6 Å². The van der Waals surface area contributed by atoms with Crippen LogP contribution in [0.2, 0.25) is 0 Å². The van der Waals surface area contributed by atoms with Crippen LogP contribution < -0.4 is 11.1 Å². The van der Waals surface area contributed by atoms with Gasteiger partial charge < -0.3 is 15.8 Å². The third-order valence-corrected chi connectivity index (χ3v) is 4.76. The second-order valence-corrected chi connectivity index (χ2v) is 6.24. The minimum absolute atomic E-state index is 0.170. The lowest BCUT2D eigenvalue weighted by atomic mass is 9.77. The first-order chi connectivity index (χ1) is 9.61. The Balaban J connectivity index is 2.01. The Bertz CT molecular complexity index is 333. The molecule has 2 aliphatic rings. The van der Waals surface area contributed by atoms with Gasteiger partial charge in [0.1, 0.15) is 0 Å². The van der Waals surface area contributed by atoms with E-state index in [1.54, 1.807) is 7.11 Å². The van der Waals surface area contributed by atoms with E-state index in [-0.39, 0.29) is 5.91 Å². The Morgan fingerprint density at radius 2 is 2.20 bits per heavy atom. The molecular weight excluding hydrogens is 254 g/mol. The van der Waals surface area contributed by atoms with Gasteiger partial charge >= 0.3 is 0 Å². The zero-order valence-corrected chi connectivity index (χ0v) is 12.9. The number of carbonyl (C=O) groups excluding carboxylic acids is 1. The van der Waals surface area contributed by atoms with Crippen molar-refractivity contribution in [2.24, 2.45) is 5.73 Å². The van der Waals surface area contributed by atoms with Gasteiger partial charge in [0.25, 0.3) is 0 Å². The Morgan fingerprint density at radius 3 is 2.75 bits per heavy atom. The Labute approximate surface area is 122 Å². The Morgan fingerprint density at radius 1 is 1.45 bits per heavy atom. The second-order valence-electron chi connectivity index (χ2n) is 6.24. The summed E-state index contributed by atoms with van der Waals surface area (Å²) in [6.07, 6.45) is 6.31. The molecule has 5 heteroatoms. The van der Waals surface area contributed by atoms with Crippen LogP contribution in [0, 0.1) is 0 Å². The van der Waals surface area contributed by atoms with Gasteiger partial charge in [0, 0.05) is 25.7 Å². The average molecular weight is 283 g/mol. The van der Waals surface area contributed by atoms with Crippen molar-refractivity contribution in [2.45, 2.75) is 63.1 Å². The first-order valence-electron chi connectivity index (χ1n) is 7.92. The smallest absolute Gasteiger partial charge is 0.237 e. The van der Waals surface area contributed by atoms with Crippen LogP contribution in [0.5, 0.6) is 0 Å². The SMILES string of the molecule is CCN(CCOC)C1CCCC(NC2CC2)(C(N)=O)C1. The lowest BCUT2D eigenvalue weighted by Gasteiger charge is -2.43. The molecular formula is C15H29N3O2. The van der Waals surface area contributed by atoms with E-state index in [1.165, 1.54) is 12.8 Å². The van der Waals surface area contributed by atoms with Gasteiger partial charge in [-0.2, -0.15) is 0 Å². The van der Waals surface area contributed by atoms with Gasteiger partial charge in [0.15, 0.2) is 0 Å². The van der Waals surface area contributed by atoms with Crippen molar-refractivity contribution in [3.8, 4) is 0 Å². The molecule has 20 heavy (non-hydrogen) atoms. The lowest BCUT2D eigenvalue weighted by Crippen LogP contribution is -2.61. The molecule has 2 unspecified atom stereocenters. The molecule has 0 aromatic carbocycles. The summed E-state index contributed by atoms with van der Waals surface area (Å²) in [5, 5.41) is 3.54. The number of nitrogens with one attached hydrogen (secondary N) is 1. The molecule has 2 fully saturated rings. The number of methoxy groups -OCH3 is 1. The van der Waals surface area contributed by atoms with Gasteiger partial charge in [0.05, 0.1) is 12.1 Å². The molecule has 2 saturated carbocycles. The summed E-state index contributed by atoms with van der Waals surface area (Å²) in [4.78, 5) is 14.5. The molecule has 0 aliphatic heterocycles. The predicted molar refractivity (Wildman–Crippen MR) is 79.5 cm³/mol.